The van der Waals surface area contributed by atoms with Crippen LogP contribution in [0.15, 0.2) is 6.33 Å². The third kappa shape index (κ3) is 1.84. The van der Waals surface area contributed by atoms with E-state index in [1.807, 2.05) is 0 Å². The highest BCUT2D eigenvalue weighted by Gasteiger charge is 2.51. The Kier molecular flexibility index (Phi) is 3.17. The molecule has 1 fully saturated rings. The van der Waals surface area contributed by atoms with Gasteiger partial charge in [0.15, 0.2) is 22.7 Å². The van der Waals surface area contributed by atoms with Crippen LogP contribution in [0.4, 0.5) is 11.8 Å². The molecule has 0 spiro atoms. The maximum Gasteiger partial charge on any atom is 0.224 e. The van der Waals surface area contributed by atoms with Gasteiger partial charge >= 0.3 is 0 Å². The van der Waals surface area contributed by atoms with Crippen molar-refractivity contribution in [1.82, 2.24) is 19.5 Å². The molecule has 0 aromatic carbocycles. The number of aromatic nitrogens is 4. The number of fused-ring (bicyclic) bond motifs is 1. The van der Waals surface area contributed by atoms with E-state index in [0.29, 0.717) is 11.3 Å². The van der Waals surface area contributed by atoms with Crippen molar-refractivity contribution >= 4 is 22.9 Å². The first kappa shape index (κ1) is 13.9. The second-order valence-corrected chi connectivity index (χ2v) is 4.79. The van der Waals surface area contributed by atoms with E-state index < -0.39 is 24.5 Å². The summed E-state index contributed by atoms with van der Waals surface area (Å²) in [5, 5.41) is 32.4. The summed E-state index contributed by atoms with van der Waals surface area (Å²) in [6, 6.07) is 0. The zero-order valence-electron chi connectivity index (χ0n) is 11.3. The summed E-state index contributed by atoms with van der Waals surface area (Å²) in [6.45, 7) is -0.670. The molecule has 114 valence electrons. The van der Waals surface area contributed by atoms with E-state index in [4.69, 9.17) is 10.5 Å². The molecule has 2 aromatic rings. The fourth-order valence-corrected chi connectivity index (χ4v) is 2.50. The molecule has 10 heteroatoms. The molecule has 0 radical (unpaired) electrons. The molecule has 3 heterocycles. The molecule has 0 saturated carbocycles. The van der Waals surface area contributed by atoms with Crippen molar-refractivity contribution in [1.29, 1.82) is 0 Å². The largest absolute Gasteiger partial charge is 0.391 e. The Balaban J connectivity index is 2.23. The lowest BCUT2D eigenvalue weighted by molar-refractivity contribution is -0.149. The van der Waals surface area contributed by atoms with Crippen molar-refractivity contribution in [3.63, 3.8) is 0 Å². The van der Waals surface area contributed by atoms with Crippen LogP contribution in [0.3, 0.4) is 0 Å². The number of rotatable bonds is 3. The van der Waals surface area contributed by atoms with Crippen molar-refractivity contribution in [3.05, 3.63) is 6.33 Å². The lowest BCUT2D eigenvalue weighted by Gasteiger charge is -2.31. The summed E-state index contributed by atoms with van der Waals surface area (Å²) in [4.78, 5) is 12.3. The monoisotopic (exact) mass is 296 g/mol. The van der Waals surface area contributed by atoms with Gasteiger partial charge in [-0.3, -0.25) is 4.57 Å². The van der Waals surface area contributed by atoms with E-state index in [1.165, 1.54) is 10.9 Å². The zero-order chi connectivity index (χ0) is 15.2. The second-order valence-electron chi connectivity index (χ2n) is 4.79. The van der Waals surface area contributed by atoms with E-state index >= 15 is 0 Å². The van der Waals surface area contributed by atoms with Gasteiger partial charge in [-0.1, -0.05) is 0 Å². The summed E-state index contributed by atoms with van der Waals surface area (Å²) in [7, 11) is 1.66. The molecule has 0 bridgehead atoms. The van der Waals surface area contributed by atoms with Crippen LogP contribution in [0.5, 0.6) is 0 Å². The minimum Gasteiger partial charge on any atom is -0.391 e. The Morgan fingerprint density at radius 1 is 1.52 bits per heavy atom. The predicted octanol–water partition coefficient (Wildman–Crippen LogP) is -2.15. The van der Waals surface area contributed by atoms with Crippen LogP contribution in [0.1, 0.15) is 0 Å². The van der Waals surface area contributed by atoms with Crippen LogP contribution >= 0.6 is 0 Å². The van der Waals surface area contributed by atoms with Crippen molar-refractivity contribution < 1.29 is 20.1 Å². The Hall–Kier alpha value is -2.01. The van der Waals surface area contributed by atoms with Crippen molar-refractivity contribution in [3.8, 4) is 0 Å². The summed E-state index contributed by atoms with van der Waals surface area (Å²) in [5.74, 6) is 0.423. The number of nitrogens with two attached hydrogens (primary N) is 1. The quantitative estimate of drug-likeness (QED) is 0.426. The summed E-state index contributed by atoms with van der Waals surface area (Å²) >= 11 is 0. The van der Waals surface area contributed by atoms with Crippen LogP contribution < -0.4 is 11.1 Å². The van der Waals surface area contributed by atoms with E-state index in [-0.39, 0.29) is 18.2 Å². The molecule has 1 aliphatic rings. The average molecular weight is 296 g/mol. The molecule has 6 N–H and O–H groups in total. The Labute approximate surface area is 119 Å². The minimum atomic E-state index is -1.56. The molecule has 3 rings (SSSR count). The van der Waals surface area contributed by atoms with Gasteiger partial charge in [0.1, 0.15) is 12.2 Å². The topological polar surface area (TPSA) is 152 Å². The first-order valence-electron chi connectivity index (χ1n) is 6.33. The fraction of sp³-hybridized carbons (Fsp3) is 0.545. The summed E-state index contributed by atoms with van der Waals surface area (Å²) < 4.78 is 6.79. The van der Waals surface area contributed by atoms with Gasteiger partial charge in [-0.2, -0.15) is 9.97 Å². The Morgan fingerprint density at radius 2 is 2.29 bits per heavy atom. The lowest BCUT2D eigenvalue weighted by Crippen LogP contribution is -2.48. The third-order valence-electron chi connectivity index (χ3n) is 3.62. The number of imidazole rings is 1. The average Bonchev–Trinajstić information content (AvgIpc) is 3.02. The van der Waals surface area contributed by atoms with Gasteiger partial charge in [0.05, 0.1) is 19.5 Å². The van der Waals surface area contributed by atoms with Crippen LogP contribution in [0.2, 0.25) is 0 Å². The van der Waals surface area contributed by atoms with E-state index in [2.05, 4.69) is 20.3 Å². The van der Waals surface area contributed by atoms with Gasteiger partial charge < -0.3 is 31.1 Å². The highest BCUT2D eigenvalue weighted by atomic mass is 16.6. The normalized spacial score (nSPS) is 29.1. The molecule has 1 aliphatic heterocycles. The number of nitrogen functional groups attached to an aromatic ring is 1. The maximum absolute atomic E-state index is 10.2. The minimum absolute atomic E-state index is 0.00900. The molecule has 0 aliphatic carbocycles. The van der Waals surface area contributed by atoms with Gasteiger partial charge in [0, 0.05) is 7.05 Å². The lowest BCUT2D eigenvalue weighted by atomic mass is 10.1. The molecule has 1 saturated heterocycles. The van der Waals surface area contributed by atoms with Crippen LogP contribution in [-0.4, -0.2) is 67.3 Å². The molecule has 0 unspecified atom stereocenters. The number of ether oxygens (including phenoxy) is 1. The van der Waals surface area contributed by atoms with E-state index in [0.717, 1.165) is 0 Å². The SMILES string of the molecule is CNc1nc(N)nc2c1ncn2[C@@]1(CO)OC[C@H](O)[C@@H]1O. The predicted molar refractivity (Wildman–Crippen MR) is 72.3 cm³/mol. The van der Waals surface area contributed by atoms with Gasteiger partial charge in [0.25, 0.3) is 0 Å². The van der Waals surface area contributed by atoms with Crippen LogP contribution in [0.25, 0.3) is 11.2 Å². The highest BCUT2D eigenvalue weighted by molar-refractivity contribution is 5.84. The van der Waals surface area contributed by atoms with Gasteiger partial charge in [-0.05, 0) is 0 Å². The third-order valence-corrected chi connectivity index (χ3v) is 3.62. The number of anilines is 2. The fourth-order valence-electron chi connectivity index (χ4n) is 2.50. The van der Waals surface area contributed by atoms with Crippen molar-refractivity contribution in [2.24, 2.45) is 0 Å². The van der Waals surface area contributed by atoms with Gasteiger partial charge in [-0.25, -0.2) is 4.98 Å². The van der Waals surface area contributed by atoms with Crippen molar-refractivity contribution in [2.45, 2.75) is 17.9 Å². The zero-order valence-corrected chi connectivity index (χ0v) is 11.3. The number of aliphatic hydroxyl groups excluding tert-OH is 3. The molecule has 10 nitrogen and oxygen atoms in total. The van der Waals surface area contributed by atoms with Gasteiger partial charge in [0.2, 0.25) is 5.95 Å². The first-order chi connectivity index (χ1) is 10.0. The standard InChI is InChI=1S/C11H16N6O4/c1-13-8-6-9(16-10(12)15-8)17(4-14-6)11(3-18)7(20)5(19)2-21-11/h4-5,7,18-20H,2-3H2,1H3,(H3,12,13,15,16)/t5-,7-,11-/m0/s1. The van der Waals surface area contributed by atoms with Gasteiger partial charge in [-0.15, -0.1) is 0 Å². The Bertz CT molecular complexity index is 676. The van der Waals surface area contributed by atoms with E-state index in [9.17, 15) is 15.3 Å². The number of nitrogens with one attached hydrogen (secondary N) is 1. The smallest absolute Gasteiger partial charge is 0.224 e. The summed E-state index contributed by atoms with van der Waals surface area (Å²) in [5.41, 5.74) is 4.80. The maximum atomic E-state index is 10.2. The molecular formula is C11H16N6O4. The number of aliphatic hydroxyl groups is 3. The van der Waals surface area contributed by atoms with E-state index in [1.54, 1.807) is 7.05 Å². The van der Waals surface area contributed by atoms with Crippen LogP contribution in [-0.2, 0) is 10.5 Å². The van der Waals surface area contributed by atoms with Crippen LogP contribution in [0, 0.1) is 0 Å². The number of hydrogen-bond donors (Lipinski definition) is 5. The van der Waals surface area contributed by atoms with Crippen molar-refractivity contribution in [2.75, 3.05) is 31.3 Å². The number of hydrogen-bond acceptors (Lipinski definition) is 9. The molecule has 2 aromatic heterocycles. The summed E-state index contributed by atoms with van der Waals surface area (Å²) in [6.07, 6.45) is -1.08. The molecule has 3 atom stereocenters. The number of nitrogens with zero attached hydrogens (tertiary/aromatic N) is 4. The molecule has 0 amide bonds. The molecular weight excluding hydrogens is 280 g/mol. The Morgan fingerprint density at radius 3 is 2.86 bits per heavy atom. The second kappa shape index (κ2) is 4.77. The first-order valence-corrected chi connectivity index (χ1v) is 6.33. The highest BCUT2D eigenvalue weighted by Crippen LogP contribution is 2.34. The molecule has 21 heavy (non-hydrogen) atoms.